The maximum Gasteiger partial charge on any atom is 0.327 e. The van der Waals surface area contributed by atoms with Gasteiger partial charge in [-0.3, -0.25) is 23.2 Å². The summed E-state index contributed by atoms with van der Waals surface area (Å²) in [5, 5.41) is 5.51. The van der Waals surface area contributed by atoms with Crippen molar-refractivity contribution in [3.8, 4) is 0 Å². The molecule has 2 aliphatic rings. The third-order valence-corrected chi connectivity index (χ3v) is 12.5. The number of hydrogen-bond donors (Lipinski definition) is 2. The van der Waals surface area contributed by atoms with Gasteiger partial charge in [0.2, 0.25) is 6.54 Å². The van der Waals surface area contributed by atoms with Crippen LogP contribution in [0, 0.1) is 12.5 Å². The van der Waals surface area contributed by atoms with Crippen LogP contribution < -0.4 is 10.6 Å². The molecular weight excluding hydrogens is 833 g/mol. The average molecular weight is 873 g/mol. The van der Waals surface area contributed by atoms with Crippen LogP contribution in [0.1, 0.15) is 48.4 Å². The first kappa shape index (κ1) is 40.7. The molecule has 9 atom stereocenters. The molecule has 2 saturated heterocycles. The smallest absolute Gasteiger partial charge is 0.327 e. The molecule has 0 spiro atoms. The fraction of sp³-hybridized carbons (Fsp3) is 0.359. The van der Waals surface area contributed by atoms with Crippen LogP contribution in [0.2, 0.25) is 0 Å². The first-order valence-corrected chi connectivity index (χ1v) is 21.4. The molecule has 316 valence electrons. The van der Waals surface area contributed by atoms with Crippen molar-refractivity contribution in [1.82, 2.24) is 39.0 Å². The van der Waals surface area contributed by atoms with Gasteiger partial charge in [0.05, 0.1) is 31.5 Å². The van der Waals surface area contributed by atoms with E-state index < -0.39 is 62.6 Å². The summed E-state index contributed by atoms with van der Waals surface area (Å²) in [6.07, 6.45) is -2.54. The van der Waals surface area contributed by atoms with E-state index in [0.29, 0.717) is 22.3 Å². The van der Waals surface area contributed by atoms with Crippen LogP contribution >= 0.6 is 6.72 Å². The lowest BCUT2D eigenvalue weighted by Gasteiger charge is -2.28. The van der Waals surface area contributed by atoms with Crippen molar-refractivity contribution in [1.29, 1.82) is 0 Å². The van der Waals surface area contributed by atoms with Gasteiger partial charge < -0.3 is 38.7 Å². The van der Waals surface area contributed by atoms with E-state index in [9.17, 15) is 9.59 Å². The zero-order valence-electron chi connectivity index (χ0n) is 33.6. The van der Waals surface area contributed by atoms with Crippen LogP contribution in [-0.2, 0) is 39.6 Å². The topological polar surface area (TPSA) is 205 Å². The molecule has 2 aromatic carbocycles. The zero-order chi connectivity index (χ0) is 43.4. The number of amides is 2. The van der Waals surface area contributed by atoms with Crippen LogP contribution in [0.3, 0.4) is 0 Å². The summed E-state index contributed by atoms with van der Waals surface area (Å²) in [6, 6.07) is 17.2. The van der Waals surface area contributed by atoms with Gasteiger partial charge >= 0.3 is 6.72 Å². The van der Waals surface area contributed by atoms with Crippen molar-refractivity contribution in [3.05, 3.63) is 109 Å². The lowest BCUT2D eigenvalue weighted by atomic mass is 10.0. The maximum absolute atomic E-state index is 16.7. The highest BCUT2D eigenvalue weighted by Crippen LogP contribution is 2.55. The van der Waals surface area contributed by atoms with Crippen LogP contribution in [0.4, 0.5) is 16.0 Å². The summed E-state index contributed by atoms with van der Waals surface area (Å²) in [4.78, 5) is 55.1. The van der Waals surface area contributed by atoms with Gasteiger partial charge in [-0.1, -0.05) is 43.3 Å². The Morgan fingerprint density at radius 1 is 0.869 bits per heavy atom. The van der Waals surface area contributed by atoms with Gasteiger partial charge in [-0.2, -0.15) is 0 Å². The highest BCUT2D eigenvalue weighted by atomic mass is 32.5. The molecule has 3 unspecified atom stereocenters. The fourth-order valence-electron chi connectivity index (χ4n) is 7.05. The second-order valence-corrected chi connectivity index (χ2v) is 16.9. The SMILES string of the molecule is [2H]C[C@H]1O[C@@H](n2cnc3c(NC(=O)c4ccccc4)ncnc32)[C@@H](F)C1OP(=S)(OCC[N+]#[C-])OC[C@H]1O[C@@H](n2cnc3c(NC(=O)c4ccccc4)ncnc32)[C@@H](OC)C1C. The van der Waals surface area contributed by atoms with Crippen molar-refractivity contribution in [2.75, 3.05) is 37.5 Å². The molecule has 8 rings (SSSR count). The van der Waals surface area contributed by atoms with Crippen molar-refractivity contribution in [2.24, 2.45) is 5.92 Å². The van der Waals surface area contributed by atoms with Crippen molar-refractivity contribution in [2.45, 2.75) is 56.9 Å². The highest BCUT2D eigenvalue weighted by molar-refractivity contribution is 8.07. The Morgan fingerprint density at radius 2 is 1.44 bits per heavy atom. The molecule has 22 heteroatoms. The standard InChI is InChI=1S/C39H39FN11O8PS/c1-22-26(58-39(30(22)54-4)51-21-47-29-33(43-19-45-35(29)51)49-37(53)25-13-9-6-10-14-25)17-56-60(61,55-16-15-41-3)59-31-23(2)57-38(27(31)40)50-20-46-28-32(42-18-44-34(28)50)48-36(52)24-11-7-5-8-12-24/h5-14,18-23,26-27,30-31,38-39H,15-17H2,1-2,4H3,(H,42,44,48,52)(H,43,45,49,53)/t22?,23-,26-,27+,30+,31?,38-,39-,60?/m1/s1/i2D. The van der Waals surface area contributed by atoms with E-state index in [4.69, 9.17) is 47.5 Å². The molecule has 0 bridgehead atoms. The molecule has 4 aromatic heterocycles. The van der Waals surface area contributed by atoms with Crippen LogP contribution in [0.25, 0.3) is 27.2 Å². The Hall–Kier alpha value is -5.69. The Kier molecular flexibility index (Phi) is 12.1. The van der Waals surface area contributed by atoms with E-state index in [1.165, 1.54) is 37.0 Å². The van der Waals surface area contributed by atoms with Crippen LogP contribution in [0.15, 0.2) is 86.0 Å². The zero-order valence-corrected chi connectivity index (χ0v) is 34.3. The summed E-state index contributed by atoms with van der Waals surface area (Å²) >= 11 is 5.83. The first-order chi connectivity index (χ1) is 30.1. The van der Waals surface area contributed by atoms with E-state index in [1.807, 2.05) is 13.0 Å². The summed E-state index contributed by atoms with van der Waals surface area (Å²) in [7, 11) is 1.54. The first-order valence-electron chi connectivity index (χ1n) is 19.6. The molecule has 6 aromatic rings. The number of carbonyl (C=O) groups is 2. The third kappa shape index (κ3) is 8.62. The van der Waals surface area contributed by atoms with Gasteiger partial charge in [0.25, 0.3) is 11.8 Å². The van der Waals surface area contributed by atoms with E-state index in [1.54, 1.807) is 59.2 Å². The van der Waals surface area contributed by atoms with E-state index in [-0.39, 0.29) is 54.4 Å². The van der Waals surface area contributed by atoms with Crippen molar-refractivity contribution in [3.63, 3.8) is 0 Å². The monoisotopic (exact) mass is 872 g/mol. The lowest BCUT2D eigenvalue weighted by Crippen LogP contribution is -2.31. The predicted octanol–water partition coefficient (Wildman–Crippen LogP) is 5.54. The number of fused-ring (bicyclic) bond motifs is 2. The van der Waals surface area contributed by atoms with Gasteiger partial charge in [-0.25, -0.2) is 40.9 Å². The molecule has 61 heavy (non-hydrogen) atoms. The minimum absolute atomic E-state index is 0.0762. The second kappa shape index (κ2) is 18.1. The summed E-state index contributed by atoms with van der Waals surface area (Å²) in [6.45, 7) is 4.43. The molecule has 0 aliphatic carbocycles. The molecule has 0 saturated carbocycles. The Morgan fingerprint density at radius 3 is 1.98 bits per heavy atom. The maximum atomic E-state index is 16.7. The van der Waals surface area contributed by atoms with Crippen molar-refractivity contribution >= 4 is 64.3 Å². The third-order valence-electron chi connectivity index (χ3n) is 10.1. The number of rotatable bonds is 15. The minimum Gasteiger partial charge on any atom is -0.376 e. The number of hydrogen-bond acceptors (Lipinski definition) is 15. The highest BCUT2D eigenvalue weighted by Gasteiger charge is 2.50. The number of halogens is 1. The Labute approximate surface area is 354 Å². The van der Waals surface area contributed by atoms with E-state index in [2.05, 4.69) is 45.4 Å². The number of aromatic nitrogens is 8. The number of anilines is 2. The number of methoxy groups -OCH3 is 1. The number of ether oxygens (including phenoxy) is 3. The molecule has 19 nitrogen and oxygen atoms in total. The fourth-order valence-corrected chi connectivity index (χ4v) is 9.14. The van der Waals surface area contributed by atoms with Gasteiger partial charge in [0.1, 0.15) is 31.5 Å². The number of benzene rings is 2. The molecule has 2 fully saturated rings. The van der Waals surface area contributed by atoms with Crippen molar-refractivity contribution < 1.29 is 43.1 Å². The molecule has 2 aliphatic heterocycles. The van der Waals surface area contributed by atoms with Crippen LogP contribution in [0.5, 0.6) is 0 Å². The average Bonchev–Trinajstić information content (AvgIpc) is 4.07. The van der Waals surface area contributed by atoms with E-state index >= 15 is 4.39 Å². The van der Waals surface area contributed by atoms with Gasteiger partial charge in [0, 0.05) is 25.5 Å². The molecule has 0 radical (unpaired) electrons. The molecule has 2 amide bonds. The largest absolute Gasteiger partial charge is 0.376 e. The summed E-state index contributed by atoms with van der Waals surface area (Å²) in [5.41, 5.74) is 1.87. The Bertz CT molecular complexity index is 2640. The normalized spacial score (nSPS) is 24.9. The molecule has 2 N–H and O–H groups in total. The minimum atomic E-state index is -3.87. The number of imidazole rings is 2. The van der Waals surface area contributed by atoms with Gasteiger partial charge in [-0.15, -0.1) is 0 Å². The predicted molar refractivity (Wildman–Crippen MR) is 220 cm³/mol. The van der Waals surface area contributed by atoms with Gasteiger partial charge in [0.15, 0.2) is 52.6 Å². The van der Waals surface area contributed by atoms with Crippen LogP contribution in [-0.4, -0.2) is 108 Å². The van der Waals surface area contributed by atoms with Gasteiger partial charge in [-0.05, 0) is 43.0 Å². The lowest BCUT2D eigenvalue weighted by molar-refractivity contribution is -0.0588. The number of nitrogens with one attached hydrogen (secondary N) is 2. The quantitative estimate of drug-likeness (QED) is 0.0739. The van der Waals surface area contributed by atoms with E-state index in [0.717, 1.165) is 0 Å². The molecule has 6 heterocycles. The number of carbonyl (C=O) groups excluding carboxylic acids is 2. The Balaban J connectivity index is 0.982. The number of nitrogens with zero attached hydrogens (tertiary/aromatic N) is 9. The molecular formula is C39H39FN11O8PS. The number of alkyl halides is 1. The summed E-state index contributed by atoms with van der Waals surface area (Å²) in [5.74, 6) is -0.805. The summed E-state index contributed by atoms with van der Waals surface area (Å²) < 4.78 is 64.6. The second-order valence-electron chi connectivity index (χ2n) is 13.9.